The van der Waals surface area contributed by atoms with Gasteiger partial charge in [0, 0.05) is 11.6 Å². The summed E-state index contributed by atoms with van der Waals surface area (Å²) in [4.78, 5) is 19.2. The van der Waals surface area contributed by atoms with E-state index in [9.17, 15) is 28.1 Å². The summed E-state index contributed by atoms with van der Waals surface area (Å²) in [6.45, 7) is 0. The van der Waals surface area contributed by atoms with Crippen LogP contribution in [-0.2, 0) is 10.7 Å². The van der Waals surface area contributed by atoms with Crippen molar-refractivity contribution in [3.63, 3.8) is 0 Å². The maximum absolute atomic E-state index is 12.9. The van der Waals surface area contributed by atoms with Crippen LogP contribution >= 0.6 is 0 Å². The molecule has 1 aromatic rings. The van der Waals surface area contributed by atoms with E-state index in [1.165, 1.54) is 0 Å². The molecule has 0 aliphatic rings. The van der Waals surface area contributed by atoms with E-state index < -0.39 is 33.9 Å². The number of carbonyl (C=O) groups is 1. The monoisotopic (exact) mass is 235 g/mol. The number of nitro groups is 1. The van der Waals surface area contributed by atoms with Gasteiger partial charge >= 0.3 is 17.6 Å². The molecule has 8 heteroatoms. The van der Waals surface area contributed by atoms with E-state index in [1.54, 1.807) is 0 Å². The number of nitro benzene ring substituents is 1. The van der Waals surface area contributed by atoms with Crippen LogP contribution in [0.1, 0.15) is 5.56 Å². The standard InChI is InChI=1S/C8H4F3NO4/c9-5-3-4(8(10,11)7(13)14)1-2-6(5)12(15)16/h1-3H,(H,13,14). The van der Waals surface area contributed by atoms with Gasteiger partial charge < -0.3 is 5.11 Å². The van der Waals surface area contributed by atoms with Crippen LogP contribution in [0, 0.1) is 15.9 Å². The van der Waals surface area contributed by atoms with Crippen LogP contribution in [0.25, 0.3) is 0 Å². The number of benzene rings is 1. The molecule has 5 nitrogen and oxygen atoms in total. The molecule has 0 aliphatic carbocycles. The van der Waals surface area contributed by atoms with E-state index in [2.05, 4.69) is 0 Å². The van der Waals surface area contributed by atoms with Gasteiger partial charge in [-0.05, 0) is 12.1 Å². The molecule has 0 aromatic heterocycles. The predicted octanol–water partition coefficient (Wildman–Crippen LogP) is 1.91. The number of carboxylic acids is 1. The van der Waals surface area contributed by atoms with Gasteiger partial charge in [-0.15, -0.1) is 0 Å². The topological polar surface area (TPSA) is 80.4 Å². The molecule has 0 bridgehead atoms. The Hall–Kier alpha value is -2.12. The Kier molecular flexibility index (Phi) is 2.84. The van der Waals surface area contributed by atoms with Gasteiger partial charge in [0.15, 0.2) is 0 Å². The van der Waals surface area contributed by atoms with E-state index in [4.69, 9.17) is 5.11 Å². The summed E-state index contributed by atoms with van der Waals surface area (Å²) in [7, 11) is 0. The van der Waals surface area contributed by atoms with E-state index in [0.29, 0.717) is 12.1 Å². The van der Waals surface area contributed by atoms with Crippen molar-refractivity contribution in [2.24, 2.45) is 0 Å². The molecule has 1 rings (SSSR count). The summed E-state index contributed by atoms with van der Waals surface area (Å²) < 4.78 is 38.6. The molecular formula is C8H4F3NO4. The van der Waals surface area contributed by atoms with Crippen molar-refractivity contribution in [3.8, 4) is 0 Å². The van der Waals surface area contributed by atoms with E-state index in [-0.39, 0.29) is 6.07 Å². The van der Waals surface area contributed by atoms with Crippen molar-refractivity contribution >= 4 is 11.7 Å². The highest BCUT2D eigenvalue weighted by Crippen LogP contribution is 2.30. The third kappa shape index (κ3) is 1.95. The van der Waals surface area contributed by atoms with E-state index in [1.807, 2.05) is 0 Å². The maximum Gasteiger partial charge on any atom is 0.379 e. The number of nitrogens with zero attached hydrogens (tertiary/aromatic N) is 1. The van der Waals surface area contributed by atoms with Gasteiger partial charge in [0.1, 0.15) is 0 Å². The number of carboxylic acid groups (broad SMARTS) is 1. The summed E-state index contributed by atoms with van der Waals surface area (Å²) in [5, 5.41) is 18.3. The first kappa shape index (κ1) is 12.0. The molecule has 0 saturated heterocycles. The van der Waals surface area contributed by atoms with Gasteiger partial charge in [0.05, 0.1) is 4.92 Å². The zero-order valence-corrected chi connectivity index (χ0v) is 7.49. The average Bonchev–Trinajstić information content (AvgIpc) is 2.16. The minimum absolute atomic E-state index is 0.131. The fourth-order valence-corrected chi connectivity index (χ4v) is 0.974. The Bertz CT molecular complexity index is 461. The molecule has 16 heavy (non-hydrogen) atoms. The van der Waals surface area contributed by atoms with Gasteiger partial charge in [-0.1, -0.05) is 0 Å². The molecule has 0 atom stereocenters. The number of halogens is 3. The molecular weight excluding hydrogens is 231 g/mol. The van der Waals surface area contributed by atoms with Crippen LogP contribution in [-0.4, -0.2) is 16.0 Å². The second-order valence-electron chi connectivity index (χ2n) is 2.80. The quantitative estimate of drug-likeness (QED) is 0.640. The smallest absolute Gasteiger partial charge is 0.379 e. The van der Waals surface area contributed by atoms with Gasteiger partial charge in [-0.25, -0.2) is 4.79 Å². The molecule has 0 saturated carbocycles. The zero-order valence-electron chi connectivity index (χ0n) is 7.49. The van der Waals surface area contributed by atoms with Crippen molar-refractivity contribution < 1.29 is 28.0 Å². The zero-order chi connectivity index (χ0) is 12.5. The van der Waals surface area contributed by atoms with Crippen molar-refractivity contribution in [1.29, 1.82) is 0 Å². The lowest BCUT2D eigenvalue weighted by Crippen LogP contribution is -2.25. The normalized spacial score (nSPS) is 11.2. The second-order valence-corrected chi connectivity index (χ2v) is 2.80. The number of hydrogen-bond donors (Lipinski definition) is 1. The predicted molar refractivity (Wildman–Crippen MR) is 44.6 cm³/mol. The molecule has 0 unspecified atom stereocenters. The molecule has 0 aliphatic heterocycles. The Morgan fingerprint density at radius 1 is 1.44 bits per heavy atom. The van der Waals surface area contributed by atoms with Crippen molar-refractivity contribution in [2.75, 3.05) is 0 Å². The molecule has 0 heterocycles. The Balaban J connectivity index is 3.26. The van der Waals surface area contributed by atoms with E-state index in [0.717, 1.165) is 0 Å². The van der Waals surface area contributed by atoms with Crippen LogP contribution in [0.2, 0.25) is 0 Å². The lowest BCUT2D eigenvalue weighted by Gasteiger charge is -2.10. The van der Waals surface area contributed by atoms with Crippen LogP contribution in [0.3, 0.4) is 0 Å². The summed E-state index contributed by atoms with van der Waals surface area (Å²) in [5.41, 5.74) is -2.15. The molecule has 1 aromatic carbocycles. The van der Waals surface area contributed by atoms with Gasteiger partial charge in [0.2, 0.25) is 5.82 Å². The fraction of sp³-hybridized carbons (Fsp3) is 0.125. The molecule has 0 fully saturated rings. The highest BCUT2D eigenvalue weighted by atomic mass is 19.3. The van der Waals surface area contributed by atoms with Crippen molar-refractivity contribution in [3.05, 3.63) is 39.7 Å². The summed E-state index contributed by atoms with van der Waals surface area (Å²) in [5.74, 6) is -8.25. The Morgan fingerprint density at radius 2 is 2.00 bits per heavy atom. The Morgan fingerprint density at radius 3 is 2.38 bits per heavy atom. The number of hydrogen-bond acceptors (Lipinski definition) is 3. The number of rotatable bonds is 3. The highest BCUT2D eigenvalue weighted by molar-refractivity contribution is 5.77. The van der Waals surface area contributed by atoms with E-state index >= 15 is 0 Å². The van der Waals surface area contributed by atoms with Crippen LogP contribution in [0.15, 0.2) is 18.2 Å². The van der Waals surface area contributed by atoms with Gasteiger partial charge in [0.25, 0.3) is 0 Å². The third-order valence-electron chi connectivity index (χ3n) is 1.78. The molecule has 0 spiro atoms. The van der Waals surface area contributed by atoms with Crippen LogP contribution in [0.4, 0.5) is 18.9 Å². The lowest BCUT2D eigenvalue weighted by atomic mass is 10.1. The minimum Gasteiger partial charge on any atom is -0.477 e. The largest absolute Gasteiger partial charge is 0.477 e. The maximum atomic E-state index is 12.9. The van der Waals surface area contributed by atoms with Gasteiger partial charge in [-0.2, -0.15) is 13.2 Å². The summed E-state index contributed by atoms with van der Waals surface area (Å²) >= 11 is 0. The summed E-state index contributed by atoms with van der Waals surface area (Å²) in [6, 6.07) is 1.11. The average molecular weight is 235 g/mol. The van der Waals surface area contributed by atoms with Crippen LogP contribution in [0.5, 0.6) is 0 Å². The van der Waals surface area contributed by atoms with Crippen molar-refractivity contribution in [1.82, 2.24) is 0 Å². The summed E-state index contributed by atoms with van der Waals surface area (Å²) in [6.07, 6.45) is 0. The number of aliphatic carboxylic acids is 1. The lowest BCUT2D eigenvalue weighted by molar-refractivity contribution is -0.387. The minimum atomic E-state index is -4.28. The molecule has 0 radical (unpaired) electrons. The second kappa shape index (κ2) is 3.80. The highest BCUT2D eigenvalue weighted by Gasteiger charge is 2.41. The molecule has 0 amide bonds. The first-order valence-electron chi connectivity index (χ1n) is 3.82. The molecule has 86 valence electrons. The Labute approximate surface area is 86.3 Å². The SMILES string of the molecule is O=C(O)C(F)(F)c1ccc([N+](=O)[O-])c(F)c1. The first-order chi connectivity index (χ1) is 7.26. The third-order valence-corrected chi connectivity index (χ3v) is 1.78. The fourth-order valence-electron chi connectivity index (χ4n) is 0.974. The molecule has 1 N–H and O–H groups in total. The van der Waals surface area contributed by atoms with Crippen LogP contribution < -0.4 is 0 Å². The van der Waals surface area contributed by atoms with Gasteiger partial charge in [-0.3, -0.25) is 10.1 Å². The first-order valence-corrected chi connectivity index (χ1v) is 3.82. The van der Waals surface area contributed by atoms with Crippen molar-refractivity contribution in [2.45, 2.75) is 5.92 Å². The number of alkyl halides is 2.